The molecule has 1 heterocycles. The lowest BCUT2D eigenvalue weighted by Crippen LogP contribution is -2.31. The maximum absolute atomic E-state index is 13.8. The average molecular weight is 582 g/mol. The number of nitrogens with one attached hydrogen (secondary N) is 1. The second-order valence-electron chi connectivity index (χ2n) is 10.7. The molecule has 5 aromatic rings. The van der Waals surface area contributed by atoms with Gasteiger partial charge in [-0.3, -0.25) is 9.59 Å². The Hall–Kier alpha value is -5.36. The number of hydrogen-bond acceptors (Lipinski definition) is 4. The summed E-state index contributed by atoms with van der Waals surface area (Å²) in [6.07, 6.45) is 1.73. The van der Waals surface area contributed by atoms with Gasteiger partial charge in [0.15, 0.2) is 0 Å². The molecule has 6 heteroatoms. The van der Waals surface area contributed by atoms with E-state index in [0.717, 1.165) is 54.2 Å². The van der Waals surface area contributed by atoms with E-state index < -0.39 is 0 Å². The SMILES string of the molecule is O=C(Nc1ccc(C(=O)N2CCCN(CCCOc3ccccc3)c3ccccc32)cc1)c1ccccc1-c1ccccc1. The van der Waals surface area contributed by atoms with Crippen LogP contribution in [0.1, 0.15) is 33.6 Å². The Kier molecular flexibility index (Phi) is 8.98. The van der Waals surface area contributed by atoms with Crippen molar-refractivity contribution in [1.82, 2.24) is 0 Å². The molecule has 0 radical (unpaired) electrons. The fraction of sp³-hybridized carbons (Fsp3) is 0.158. The normalized spacial score (nSPS) is 12.6. The molecule has 220 valence electrons. The van der Waals surface area contributed by atoms with E-state index in [-0.39, 0.29) is 11.8 Å². The first-order valence-corrected chi connectivity index (χ1v) is 15.1. The molecule has 1 aliphatic rings. The number of rotatable bonds is 9. The van der Waals surface area contributed by atoms with Crippen molar-refractivity contribution in [2.45, 2.75) is 12.8 Å². The van der Waals surface area contributed by atoms with Crippen molar-refractivity contribution < 1.29 is 14.3 Å². The molecule has 1 aliphatic heterocycles. The minimum Gasteiger partial charge on any atom is -0.494 e. The molecular formula is C38H35N3O3. The molecule has 0 saturated carbocycles. The number of anilines is 3. The monoisotopic (exact) mass is 581 g/mol. The van der Waals surface area contributed by atoms with E-state index in [1.807, 2.05) is 108 Å². The van der Waals surface area contributed by atoms with Crippen molar-refractivity contribution >= 4 is 28.9 Å². The molecule has 0 aromatic heterocycles. The Labute approximate surface area is 258 Å². The predicted octanol–water partition coefficient (Wildman–Crippen LogP) is 7.93. The van der Waals surface area contributed by atoms with Gasteiger partial charge < -0.3 is 19.9 Å². The van der Waals surface area contributed by atoms with Crippen LogP contribution in [0.5, 0.6) is 5.75 Å². The summed E-state index contributed by atoms with van der Waals surface area (Å²) in [6.45, 7) is 2.96. The van der Waals surface area contributed by atoms with Gasteiger partial charge in [0.25, 0.3) is 11.8 Å². The van der Waals surface area contributed by atoms with Crippen molar-refractivity contribution in [2.24, 2.45) is 0 Å². The minimum atomic E-state index is -0.195. The first-order chi connectivity index (χ1) is 21.7. The minimum absolute atomic E-state index is 0.0565. The predicted molar refractivity (Wildman–Crippen MR) is 178 cm³/mol. The third-order valence-corrected chi connectivity index (χ3v) is 7.80. The molecule has 6 rings (SSSR count). The molecule has 0 spiro atoms. The highest BCUT2D eigenvalue weighted by Crippen LogP contribution is 2.33. The van der Waals surface area contributed by atoms with Gasteiger partial charge in [-0.15, -0.1) is 0 Å². The topological polar surface area (TPSA) is 61.9 Å². The summed E-state index contributed by atoms with van der Waals surface area (Å²) in [5.74, 6) is 0.626. The van der Waals surface area contributed by atoms with Crippen LogP contribution in [-0.2, 0) is 0 Å². The Balaban J connectivity index is 1.12. The van der Waals surface area contributed by atoms with Crippen LogP contribution in [0.15, 0.2) is 133 Å². The van der Waals surface area contributed by atoms with Crippen LogP contribution in [0.25, 0.3) is 11.1 Å². The molecule has 2 amide bonds. The van der Waals surface area contributed by atoms with Gasteiger partial charge in [-0.2, -0.15) is 0 Å². The van der Waals surface area contributed by atoms with Crippen LogP contribution >= 0.6 is 0 Å². The lowest BCUT2D eigenvalue weighted by atomic mass is 9.99. The summed E-state index contributed by atoms with van der Waals surface area (Å²) >= 11 is 0. The number of hydrogen-bond donors (Lipinski definition) is 1. The van der Waals surface area contributed by atoms with Crippen LogP contribution in [0, 0.1) is 0 Å². The Morgan fingerprint density at radius 1 is 0.682 bits per heavy atom. The third-order valence-electron chi connectivity index (χ3n) is 7.80. The first kappa shape index (κ1) is 28.7. The fourth-order valence-corrected chi connectivity index (χ4v) is 5.63. The van der Waals surface area contributed by atoms with Crippen molar-refractivity contribution in [3.63, 3.8) is 0 Å². The van der Waals surface area contributed by atoms with Crippen molar-refractivity contribution in [3.05, 3.63) is 145 Å². The summed E-state index contributed by atoms with van der Waals surface area (Å²) in [6, 6.07) is 42.6. The molecule has 6 nitrogen and oxygen atoms in total. The zero-order chi connectivity index (χ0) is 30.1. The van der Waals surface area contributed by atoms with Crippen LogP contribution in [0.2, 0.25) is 0 Å². The molecule has 5 aromatic carbocycles. The zero-order valence-electron chi connectivity index (χ0n) is 24.6. The fourth-order valence-electron chi connectivity index (χ4n) is 5.63. The molecular weight excluding hydrogens is 546 g/mol. The van der Waals surface area contributed by atoms with Gasteiger partial charge >= 0.3 is 0 Å². The summed E-state index contributed by atoms with van der Waals surface area (Å²) in [4.78, 5) is 31.3. The molecule has 0 saturated heterocycles. The quantitative estimate of drug-likeness (QED) is 0.180. The van der Waals surface area contributed by atoms with E-state index in [0.29, 0.717) is 30.0 Å². The molecule has 0 bridgehead atoms. The van der Waals surface area contributed by atoms with Crippen LogP contribution in [-0.4, -0.2) is 38.1 Å². The van der Waals surface area contributed by atoms with Gasteiger partial charge in [-0.25, -0.2) is 0 Å². The maximum Gasteiger partial charge on any atom is 0.258 e. The van der Waals surface area contributed by atoms with Crippen molar-refractivity contribution in [2.75, 3.05) is 41.4 Å². The molecule has 1 N–H and O–H groups in total. The summed E-state index contributed by atoms with van der Waals surface area (Å²) < 4.78 is 5.90. The van der Waals surface area contributed by atoms with E-state index in [1.54, 1.807) is 24.3 Å². The highest BCUT2D eigenvalue weighted by atomic mass is 16.5. The van der Waals surface area contributed by atoms with E-state index in [4.69, 9.17) is 4.74 Å². The van der Waals surface area contributed by atoms with Gasteiger partial charge in [0, 0.05) is 36.4 Å². The number of carbonyl (C=O) groups excluding carboxylic acids is 2. The van der Waals surface area contributed by atoms with Crippen LogP contribution in [0.4, 0.5) is 17.1 Å². The van der Waals surface area contributed by atoms with Gasteiger partial charge in [0.05, 0.1) is 18.0 Å². The molecule has 0 atom stereocenters. The molecule has 0 unspecified atom stereocenters. The van der Waals surface area contributed by atoms with Crippen LogP contribution < -0.4 is 19.9 Å². The lowest BCUT2D eigenvalue weighted by molar-refractivity contribution is 0.0986. The smallest absolute Gasteiger partial charge is 0.258 e. The van der Waals surface area contributed by atoms with E-state index in [9.17, 15) is 9.59 Å². The second kappa shape index (κ2) is 13.7. The Morgan fingerprint density at radius 3 is 2.11 bits per heavy atom. The Bertz CT molecular complexity index is 1710. The van der Waals surface area contributed by atoms with Gasteiger partial charge in [0.1, 0.15) is 5.75 Å². The lowest BCUT2D eigenvalue weighted by Gasteiger charge is -2.27. The number of fused-ring (bicyclic) bond motifs is 1. The highest BCUT2D eigenvalue weighted by molar-refractivity contribution is 6.10. The highest BCUT2D eigenvalue weighted by Gasteiger charge is 2.25. The van der Waals surface area contributed by atoms with Crippen molar-refractivity contribution in [3.8, 4) is 16.9 Å². The summed E-state index contributed by atoms with van der Waals surface area (Å²) in [5, 5.41) is 3.00. The Morgan fingerprint density at radius 2 is 1.34 bits per heavy atom. The molecule has 44 heavy (non-hydrogen) atoms. The van der Waals surface area contributed by atoms with Gasteiger partial charge in [0.2, 0.25) is 0 Å². The van der Waals surface area contributed by atoms with E-state index in [2.05, 4.69) is 16.3 Å². The zero-order valence-corrected chi connectivity index (χ0v) is 24.6. The average Bonchev–Trinajstić information content (AvgIpc) is 3.27. The number of amides is 2. The van der Waals surface area contributed by atoms with E-state index >= 15 is 0 Å². The summed E-state index contributed by atoms with van der Waals surface area (Å²) in [5.41, 5.74) is 5.62. The number of para-hydroxylation sites is 3. The molecule has 0 aliphatic carbocycles. The largest absolute Gasteiger partial charge is 0.494 e. The van der Waals surface area contributed by atoms with Gasteiger partial charge in [-0.05, 0) is 78.6 Å². The number of benzene rings is 5. The number of nitrogens with zero attached hydrogens (tertiary/aromatic N) is 2. The summed E-state index contributed by atoms with van der Waals surface area (Å²) in [7, 11) is 0. The first-order valence-electron chi connectivity index (χ1n) is 15.1. The van der Waals surface area contributed by atoms with E-state index in [1.165, 1.54) is 0 Å². The van der Waals surface area contributed by atoms with Crippen LogP contribution in [0.3, 0.4) is 0 Å². The molecule has 0 fully saturated rings. The standard InChI is InChI=1S/C38H35N3O3/c42-37(34-18-8-7-17-33(34)29-13-3-1-4-14-29)39-31-23-21-30(22-24-31)38(43)41-27-11-25-40(35-19-9-10-20-36(35)41)26-12-28-44-32-15-5-2-6-16-32/h1-10,13-24H,11-12,25-28H2,(H,39,42). The number of ether oxygens (including phenoxy) is 1. The second-order valence-corrected chi connectivity index (χ2v) is 10.7. The third kappa shape index (κ3) is 6.65. The maximum atomic E-state index is 13.8. The van der Waals surface area contributed by atoms with Gasteiger partial charge in [-0.1, -0.05) is 78.9 Å². The van der Waals surface area contributed by atoms with Crippen molar-refractivity contribution in [1.29, 1.82) is 0 Å². The number of carbonyl (C=O) groups is 2.